The first-order valence-electron chi connectivity index (χ1n) is 8.12. The van der Waals surface area contributed by atoms with Gasteiger partial charge < -0.3 is 15.2 Å². The van der Waals surface area contributed by atoms with E-state index in [0.29, 0.717) is 11.3 Å². The highest BCUT2D eigenvalue weighted by atomic mass is 19.4. The van der Waals surface area contributed by atoms with Crippen LogP contribution in [0.2, 0.25) is 0 Å². The molecule has 5 nitrogen and oxygen atoms in total. The number of aryl methyl sites for hydroxylation is 1. The van der Waals surface area contributed by atoms with Crippen LogP contribution in [0.15, 0.2) is 48.5 Å². The molecular formula is C19H18F3NO4. The fourth-order valence-electron chi connectivity index (χ4n) is 2.40. The van der Waals surface area contributed by atoms with Crippen LogP contribution in [-0.4, -0.2) is 23.3 Å². The summed E-state index contributed by atoms with van der Waals surface area (Å²) in [6.45, 7) is 1.55. The SMILES string of the molecule is CC(C(=O)O)c1ccc(NC(=O)CCc2ccccc2OC(F)(F)F)cc1. The molecule has 0 aliphatic heterocycles. The molecule has 8 heteroatoms. The molecule has 0 spiro atoms. The Morgan fingerprint density at radius 1 is 1.11 bits per heavy atom. The summed E-state index contributed by atoms with van der Waals surface area (Å²) in [4.78, 5) is 23.0. The molecule has 144 valence electrons. The second-order valence-corrected chi connectivity index (χ2v) is 5.89. The maximum absolute atomic E-state index is 12.4. The number of hydrogen-bond donors (Lipinski definition) is 2. The zero-order chi connectivity index (χ0) is 20.0. The number of benzene rings is 2. The number of hydrogen-bond acceptors (Lipinski definition) is 3. The molecule has 0 aromatic heterocycles. The Morgan fingerprint density at radius 2 is 1.74 bits per heavy atom. The highest BCUT2D eigenvalue weighted by molar-refractivity contribution is 5.91. The molecule has 27 heavy (non-hydrogen) atoms. The highest BCUT2D eigenvalue weighted by Crippen LogP contribution is 2.27. The number of alkyl halides is 3. The first-order chi connectivity index (χ1) is 12.7. The van der Waals surface area contributed by atoms with Crippen molar-refractivity contribution in [1.82, 2.24) is 0 Å². The molecule has 1 unspecified atom stereocenters. The normalized spacial score (nSPS) is 12.3. The Hall–Kier alpha value is -3.03. The molecule has 0 radical (unpaired) electrons. The minimum Gasteiger partial charge on any atom is -0.481 e. The first-order valence-corrected chi connectivity index (χ1v) is 8.12. The summed E-state index contributed by atoms with van der Waals surface area (Å²) < 4.78 is 41.2. The van der Waals surface area contributed by atoms with Gasteiger partial charge in [0.05, 0.1) is 5.92 Å². The summed E-state index contributed by atoms with van der Waals surface area (Å²) in [7, 11) is 0. The van der Waals surface area contributed by atoms with E-state index in [1.807, 2.05) is 0 Å². The summed E-state index contributed by atoms with van der Waals surface area (Å²) in [5.41, 5.74) is 1.34. The van der Waals surface area contributed by atoms with Crippen molar-refractivity contribution in [3.8, 4) is 5.75 Å². The molecular weight excluding hydrogens is 363 g/mol. The van der Waals surface area contributed by atoms with Crippen LogP contribution < -0.4 is 10.1 Å². The van der Waals surface area contributed by atoms with Crippen LogP contribution in [-0.2, 0) is 16.0 Å². The van der Waals surface area contributed by atoms with Crippen LogP contribution in [0, 0.1) is 0 Å². The summed E-state index contributed by atoms with van der Waals surface area (Å²) in [6.07, 6.45) is -4.76. The number of carboxylic acid groups (broad SMARTS) is 1. The van der Waals surface area contributed by atoms with E-state index < -0.39 is 18.2 Å². The molecule has 2 rings (SSSR count). The summed E-state index contributed by atoms with van der Waals surface area (Å²) >= 11 is 0. The van der Waals surface area contributed by atoms with E-state index in [0.717, 1.165) is 0 Å². The topological polar surface area (TPSA) is 75.6 Å². The first kappa shape index (κ1) is 20.3. The second kappa shape index (κ2) is 8.57. The molecule has 0 saturated carbocycles. The van der Waals surface area contributed by atoms with Crippen LogP contribution in [0.5, 0.6) is 5.75 Å². The maximum Gasteiger partial charge on any atom is 0.573 e. The Bertz CT molecular complexity index is 803. The fourth-order valence-corrected chi connectivity index (χ4v) is 2.40. The summed E-state index contributed by atoms with van der Waals surface area (Å²) in [5.74, 6) is -2.33. The number of amides is 1. The van der Waals surface area contributed by atoms with Crippen molar-refractivity contribution in [2.24, 2.45) is 0 Å². The lowest BCUT2D eigenvalue weighted by Crippen LogP contribution is -2.18. The third kappa shape index (κ3) is 6.32. The van der Waals surface area contributed by atoms with Gasteiger partial charge in [0.2, 0.25) is 5.91 Å². The number of carbonyl (C=O) groups excluding carboxylic acids is 1. The molecule has 0 saturated heterocycles. The molecule has 0 heterocycles. The fraction of sp³-hybridized carbons (Fsp3) is 0.263. The standard InChI is InChI=1S/C19H18F3NO4/c1-12(18(25)26)13-6-9-15(10-7-13)23-17(24)11-8-14-4-2-3-5-16(14)27-19(20,21)22/h2-7,9-10,12H,8,11H2,1H3,(H,23,24)(H,25,26). The molecule has 0 fully saturated rings. The van der Waals surface area contributed by atoms with Gasteiger partial charge in [-0.2, -0.15) is 0 Å². The summed E-state index contributed by atoms with van der Waals surface area (Å²) in [5, 5.41) is 11.6. The van der Waals surface area contributed by atoms with Gasteiger partial charge in [0.1, 0.15) is 5.75 Å². The van der Waals surface area contributed by atoms with Gasteiger partial charge in [-0.05, 0) is 42.7 Å². The molecule has 0 aliphatic rings. The van der Waals surface area contributed by atoms with Crippen molar-refractivity contribution in [2.45, 2.75) is 32.0 Å². The lowest BCUT2D eigenvalue weighted by atomic mass is 10.0. The number of aliphatic carboxylic acids is 1. The average Bonchev–Trinajstić information content (AvgIpc) is 2.59. The Morgan fingerprint density at radius 3 is 2.33 bits per heavy atom. The van der Waals surface area contributed by atoms with E-state index in [-0.39, 0.29) is 30.1 Å². The number of carboxylic acids is 1. The van der Waals surface area contributed by atoms with Crippen LogP contribution >= 0.6 is 0 Å². The van der Waals surface area contributed by atoms with Gasteiger partial charge >= 0.3 is 12.3 Å². The average molecular weight is 381 g/mol. The number of anilines is 1. The molecule has 2 aromatic carbocycles. The molecule has 1 amide bonds. The van der Waals surface area contributed by atoms with Gasteiger partial charge in [0.25, 0.3) is 0 Å². The van der Waals surface area contributed by atoms with Crippen molar-refractivity contribution in [3.63, 3.8) is 0 Å². The van der Waals surface area contributed by atoms with Crippen molar-refractivity contribution in [1.29, 1.82) is 0 Å². The zero-order valence-corrected chi connectivity index (χ0v) is 14.4. The largest absolute Gasteiger partial charge is 0.573 e. The van der Waals surface area contributed by atoms with E-state index in [4.69, 9.17) is 5.11 Å². The number of halogens is 3. The number of rotatable bonds is 7. The van der Waals surface area contributed by atoms with Crippen LogP contribution in [0.25, 0.3) is 0 Å². The smallest absolute Gasteiger partial charge is 0.481 e. The number of ether oxygens (including phenoxy) is 1. The van der Waals surface area contributed by atoms with Gasteiger partial charge in [-0.25, -0.2) is 0 Å². The number of para-hydroxylation sites is 1. The molecule has 0 bridgehead atoms. The van der Waals surface area contributed by atoms with Gasteiger partial charge in [-0.15, -0.1) is 13.2 Å². The molecule has 1 atom stereocenters. The second-order valence-electron chi connectivity index (χ2n) is 5.89. The Kier molecular flexibility index (Phi) is 6.44. The molecule has 2 aromatic rings. The lowest BCUT2D eigenvalue weighted by Gasteiger charge is -2.13. The van der Waals surface area contributed by atoms with E-state index in [1.165, 1.54) is 18.2 Å². The third-order valence-corrected chi connectivity index (χ3v) is 3.88. The van der Waals surface area contributed by atoms with Gasteiger partial charge in [-0.1, -0.05) is 30.3 Å². The predicted molar refractivity (Wildman–Crippen MR) is 92.6 cm³/mol. The minimum absolute atomic E-state index is 0.0362. The predicted octanol–water partition coefficient (Wildman–Crippen LogP) is 4.34. The minimum atomic E-state index is -4.80. The third-order valence-electron chi connectivity index (χ3n) is 3.88. The molecule has 2 N–H and O–H groups in total. The Labute approximate surface area is 153 Å². The quantitative estimate of drug-likeness (QED) is 0.748. The van der Waals surface area contributed by atoms with Crippen LogP contribution in [0.4, 0.5) is 18.9 Å². The van der Waals surface area contributed by atoms with Crippen LogP contribution in [0.3, 0.4) is 0 Å². The van der Waals surface area contributed by atoms with Crippen LogP contribution in [0.1, 0.15) is 30.4 Å². The van der Waals surface area contributed by atoms with Gasteiger partial charge in [-0.3, -0.25) is 9.59 Å². The van der Waals surface area contributed by atoms with E-state index in [9.17, 15) is 22.8 Å². The van der Waals surface area contributed by atoms with Crippen molar-refractivity contribution in [2.75, 3.05) is 5.32 Å². The lowest BCUT2D eigenvalue weighted by molar-refractivity contribution is -0.274. The maximum atomic E-state index is 12.4. The van der Waals surface area contributed by atoms with E-state index >= 15 is 0 Å². The summed E-state index contributed by atoms with van der Waals surface area (Å²) in [6, 6.07) is 12.0. The van der Waals surface area contributed by atoms with Gasteiger partial charge in [0.15, 0.2) is 0 Å². The highest BCUT2D eigenvalue weighted by Gasteiger charge is 2.31. The number of carbonyl (C=O) groups is 2. The Balaban J connectivity index is 1.94. The number of nitrogens with one attached hydrogen (secondary N) is 1. The van der Waals surface area contributed by atoms with Gasteiger partial charge in [0, 0.05) is 12.1 Å². The van der Waals surface area contributed by atoms with Crippen molar-refractivity contribution >= 4 is 17.6 Å². The molecule has 0 aliphatic carbocycles. The van der Waals surface area contributed by atoms with E-state index in [2.05, 4.69) is 10.1 Å². The van der Waals surface area contributed by atoms with Crippen molar-refractivity contribution in [3.05, 3.63) is 59.7 Å². The van der Waals surface area contributed by atoms with Crippen molar-refractivity contribution < 1.29 is 32.6 Å². The van der Waals surface area contributed by atoms with E-state index in [1.54, 1.807) is 37.3 Å². The zero-order valence-electron chi connectivity index (χ0n) is 14.4. The monoisotopic (exact) mass is 381 g/mol.